The molecule has 2 amide bonds. The second-order valence-corrected chi connectivity index (χ2v) is 8.73. The quantitative estimate of drug-likeness (QED) is 0.740. The molecule has 2 unspecified atom stereocenters. The summed E-state index contributed by atoms with van der Waals surface area (Å²) < 4.78 is 5.26. The molecule has 0 saturated carbocycles. The average Bonchev–Trinajstić information content (AvgIpc) is 2.70. The van der Waals surface area contributed by atoms with Gasteiger partial charge in [0, 0.05) is 18.2 Å². The highest BCUT2D eigenvalue weighted by Gasteiger charge is 2.30. The smallest absolute Gasteiger partial charge is 0.326 e. The van der Waals surface area contributed by atoms with E-state index >= 15 is 0 Å². The summed E-state index contributed by atoms with van der Waals surface area (Å²) in [4.78, 5) is 38.8. The van der Waals surface area contributed by atoms with E-state index in [1.807, 2.05) is 17.0 Å². The number of hydrogen-bond donors (Lipinski definition) is 1. The molecule has 1 aliphatic rings. The number of rotatable bonds is 6. The molecule has 6 nitrogen and oxygen atoms in total. The molecule has 1 N–H and O–H groups in total. The van der Waals surface area contributed by atoms with Crippen LogP contribution in [0, 0.1) is 0 Å². The second kappa shape index (κ2) is 9.90. The Hall–Kier alpha value is -2.37. The van der Waals surface area contributed by atoms with Crippen molar-refractivity contribution < 1.29 is 19.1 Å². The molecular weight excluding hydrogens is 368 g/mol. The molecule has 0 aromatic heterocycles. The number of carbonyl (C=O) groups is 3. The fraction of sp³-hybridized carbons (Fsp3) is 0.609. The van der Waals surface area contributed by atoms with Gasteiger partial charge >= 0.3 is 5.97 Å². The lowest BCUT2D eigenvalue weighted by molar-refractivity contribution is -0.160. The Morgan fingerprint density at radius 2 is 1.83 bits per heavy atom. The number of carbonyl (C=O) groups excluding carboxylic acids is 3. The molecule has 1 heterocycles. The number of amides is 2. The molecule has 160 valence electrons. The van der Waals surface area contributed by atoms with Gasteiger partial charge < -0.3 is 15.0 Å². The van der Waals surface area contributed by atoms with Gasteiger partial charge in [-0.3, -0.25) is 14.4 Å². The molecular formula is C23H34N2O4. The van der Waals surface area contributed by atoms with Crippen molar-refractivity contribution in [3.8, 4) is 0 Å². The van der Waals surface area contributed by atoms with Gasteiger partial charge in [0.25, 0.3) is 11.8 Å². The van der Waals surface area contributed by atoms with E-state index in [2.05, 4.69) is 33.0 Å². The van der Waals surface area contributed by atoms with Gasteiger partial charge in [-0.05, 0) is 55.7 Å². The lowest BCUT2D eigenvalue weighted by Crippen LogP contribution is -2.48. The SMILES string of the molecule is CCC1CCCCN1C(=O)C(C)OC(=O)CNC(=O)c1ccc(C(C)(C)C)cc1. The van der Waals surface area contributed by atoms with Crippen molar-refractivity contribution in [2.45, 2.75) is 77.9 Å². The van der Waals surface area contributed by atoms with Crippen molar-refractivity contribution in [3.63, 3.8) is 0 Å². The summed E-state index contributed by atoms with van der Waals surface area (Å²) in [6, 6.07) is 7.53. The number of nitrogens with one attached hydrogen (secondary N) is 1. The third-order valence-corrected chi connectivity index (χ3v) is 5.44. The van der Waals surface area contributed by atoms with E-state index in [1.54, 1.807) is 19.1 Å². The maximum atomic E-state index is 12.6. The van der Waals surface area contributed by atoms with E-state index < -0.39 is 12.1 Å². The molecule has 2 atom stereocenters. The maximum absolute atomic E-state index is 12.6. The zero-order valence-corrected chi connectivity index (χ0v) is 18.3. The third-order valence-electron chi connectivity index (χ3n) is 5.44. The summed E-state index contributed by atoms with van der Waals surface area (Å²) >= 11 is 0. The fourth-order valence-corrected chi connectivity index (χ4v) is 3.61. The van der Waals surface area contributed by atoms with E-state index in [0.717, 1.165) is 31.2 Å². The maximum Gasteiger partial charge on any atom is 0.326 e. The van der Waals surface area contributed by atoms with Crippen LogP contribution >= 0.6 is 0 Å². The van der Waals surface area contributed by atoms with Gasteiger partial charge in [-0.15, -0.1) is 0 Å². The highest BCUT2D eigenvalue weighted by Crippen LogP contribution is 2.22. The normalized spacial score (nSPS) is 18.1. The zero-order valence-electron chi connectivity index (χ0n) is 18.3. The summed E-state index contributed by atoms with van der Waals surface area (Å²) in [6.45, 7) is 10.4. The Balaban J connectivity index is 1.84. The van der Waals surface area contributed by atoms with Crippen LogP contribution in [-0.2, 0) is 19.7 Å². The summed E-state index contributed by atoms with van der Waals surface area (Å²) in [5, 5.41) is 2.56. The molecule has 0 aliphatic carbocycles. The van der Waals surface area contributed by atoms with Gasteiger partial charge in [-0.25, -0.2) is 0 Å². The Kier molecular flexibility index (Phi) is 7.82. The van der Waals surface area contributed by atoms with Gasteiger partial charge in [0.1, 0.15) is 6.54 Å². The van der Waals surface area contributed by atoms with E-state index in [-0.39, 0.29) is 29.8 Å². The molecule has 2 rings (SSSR count). The Bertz CT molecular complexity index is 721. The minimum Gasteiger partial charge on any atom is -0.451 e. The van der Waals surface area contributed by atoms with Crippen molar-refractivity contribution in [2.24, 2.45) is 0 Å². The monoisotopic (exact) mass is 402 g/mol. The van der Waals surface area contributed by atoms with Crippen LogP contribution in [0.5, 0.6) is 0 Å². The van der Waals surface area contributed by atoms with Crippen LogP contribution in [0.3, 0.4) is 0 Å². The molecule has 1 saturated heterocycles. The van der Waals surface area contributed by atoms with Crippen LogP contribution in [0.25, 0.3) is 0 Å². The van der Waals surface area contributed by atoms with Crippen LogP contribution < -0.4 is 5.32 Å². The molecule has 6 heteroatoms. The van der Waals surface area contributed by atoms with Crippen LogP contribution in [0.15, 0.2) is 24.3 Å². The molecule has 0 radical (unpaired) electrons. The highest BCUT2D eigenvalue weighted by atomic mass is 16.5. The van der Waals surface area contributed by atoms with Gasteiger partial charge in [0.05, 0.1) is 0 Å². The number of hydrogen-bond acceptors (Lipinski definition) is 4. The van der Waals surface area contributed by atoms with Crippen LogP contribution in [-0.4, -0.2) is 47.9 Å². The van der Waals surface area contributed by atoms with Gasteiger partial charge in [0.15, 0.2) is 6.10 Å². The summed E-state index contributed by atoms with van der Waals surface area (Å²) in [5.41, 5.74) is 1.62. The van der Waals surface area contributed by atoms with Gasteiger partial charge in [-0.1, -0.05) is 39.8 Å². The molecule has 29 heavy (non-hydrogen) atoms. The molecule has 0 spiro atoms. The minimum absolute atomic E-state index is 0.00658. The largest absolute Gasteiger partial charge is 0.451 e. The predicted octanol–water partition coefficient (Wildman–Crippen LogP) is 3.44. The molecule has 0 bridgehead atoms. The first-order valence-corrected chi connectivity index (χ1v) is 10.5. The standard InChI is InChI=1S/C23H34N2O4/c1-6-19-9-7-8-14-25(19)22(28)16(2)29-20(26)15-24-21(27)17-10-12-18(13-11-17)23(3,4)5/h10-13,16,19H,6-9,14-15H2,1-5H3,(H,24,27). The first kappa shape index (κ1) is 22.9. The molecule has 1 aliphatic heterocycles. The van der Waals surface area contributed by atoms with Crippen LogP contribution in [0.2, 0.25) is 0 Å². The molecule has 1 aromatic carbocycles. The Morgan fingerprint density at radius 3 is 2.41 bits per heavy atom. The van der Waals surface area contributed by atoms with E-state index in [0.29, 0.717) is 12.1 Å². The average molecular weight is 403 g/mol. The van der Waals surface area contributed by atoms with Crippen molar-refractivity contribution in [2.75, 3.05) is 13.1 Å². The number of piperidine rings is 1. The van der Waals surface area contributed by atoms with Crippen molar-refractivity contribution >= 4 is 17.8 Å². The predicted molar refractivity (Wildman–Crippen MR) is 113 cm³/mol. The highest BCUT2D eigenvalue weighted by molar-refractivity contribution is 5.96. The van der Waals surface area contributed by atoms with Crippen molar-refractivity contribution in [3.05, 3.63) is 35.4 Å². The van der Waals surface area contributed by atoms with E-state index in [4.69, 9.17) is 4.74 Å². The van der Waals surface area contributed by atoms with Gasteiger partial charge in [0.2, 0.25) is 0 Å². The topological polar surface area (TPSA) is 75.7 Å². The number of nitrogens with zero attached hydrogens (tertiary/aromatic N) is 1. The number of benzene rings is 1. The minimum atomic E-state index is -0.849. The number of esters is 1. The third kappa shape index (κ3) is 6.31. The fourth-order valence-electron chi connectivity index (χ4n) is 3.61. The lowest BCUT2D eigenvalue weighted by Gasteiger charge is -2.36. The summed E-state index contributed by atoms with van der Waals surface area (Å²) in [6.07, 6.45) is 3.15. The first-order chi connectivity index (χ1) is 13.6. The van der Waals surface area contributed by atoms with Crippen molar-refractivity contribution in [1.82, 2.24) is 10.2 Å². The summed E-state index contributed by atoms with van der Waals surface area (Å²) in [7, 11) is 0. The molecule has 1 aromatic rings. The Labute approximate surface area is 174 Å². The Morgan fingerprint density at radius 1 is 1.17 bits per heavy atom. The van der Waals surface area contributed by atoms with Crippen molar-refractivity contribution in [1.29, 1.82) is 0 Å². The zero-order chi connectivity index (χ0) is 21.6. The summed E-state index contributed by atoms with van der Waals surface area (Å²) in [5.74, 6) is -1.12. The van der Waals surface area contributed by atoms with Crippen LogP contribution in [0.1, 0.15) is 76.2 Å². The van der Waals surface area contributed by atoms with Gasteiger partial charge in [-0.2, -0.15) is 0 Å². The number of ether oxygens (including phenoxy) is 1. The second-order valence-electron chi connectivity index (χ2n) is 8.73. The molecule has 1 fully saturated rings. The first-order valence-electron chi connectivity index (χ1n) is 10.5. The van der Waals surface area contributed by atoms with Crippen LogP contribution in [0.4, 0.5) is 0 Å². The number of likely N-dealkylation sites (tertiary alicyclic amines) is 1. The van der Waals surface area contributed by atoms with E-state index in [1.165, 1.54) is 0 Å². The lowest BCUT2D eigenvalue weighted by atomic mass is 9.87. The van der Waals surface area contributed by atoms with E-state index in [9.17, 15) is 14.4 Å².